The van der Waals surface area contributed by atoms with Crippen molar-refractivity contribution in [2.75, 3.05) is 7.11 Å². The number of hydrogen-bond acceptors (Lipinski definition) is 3. The van der Waals surface area contributed by atoms with Crippen LogP contribution in [0.5, 0.6) is 5.75 Å². The standard InChI is InChI=1S/C16H23NO3/c1-11(18)17-10-13-5-8-15(20-2)9-16(13)12-3-6-14(19)7-4-12/h5,8-9,12,14,19H,3-4,6-7,10H2,1-2H3,(H,17,18). The quantitative estimate of drug-likeness (QED) is 0.888. The van der Waals surface area contributed by atoms with E-state index in [-0.39, 0.29) is 12.0 Å². The lowest BCUT2D eigenvalue weighted by atomic mass is 9.81. The molecule has 1 aliphatic rings. The van der Waals surface area contributed by atoms with Gasteiger partial charge in [0.05, 0.1) is 13.2 Å². The predicted octanol–water partition coefficient (Wildman–Crippen LogP) is 2.35. The highest BCUT2D eigenvalue weighted by Crippen LogP contribution is 2.36. The van der Waals surface area contributed by atoms with Gasteiger partial charge in [0.25, 0.3) is 0 Å². The Balaban J connectivity index is 2.20. The maximum atomic E-state index is 11.1. The van der Waals surface area contributed by atoms with Crippen molar-refractivity contribution >= 4 is 5.91 Å². The van der Waals surface area contributed by atoms with Gasteiger partial charge in [0.1, 0.15) is 5.75 Å². The molecule has 1 saturated carbocycles. The second-order valence-electron chi connectivity index (χ2n) is 5.48. The third-order valence-corrected chi connectivity index (χ3v) is 4.02. The fraction of sp³-hybridized carbons (Fsp3) is 0.562. The minimum Gasteiger partial charge on any atom is -0.497 e. The van der Waals surface area contributed by atoms with Crippen molar-refractivity contribution in [2.45, 2.75) is 51.2 Å². The number of amides is 1. The zero-order valence-corrected chi connectivity index (χ0v) is 12.2. The summed E-state index contributed by atoms with van der Waals surface area (Å²) < 4.78 is 5.31. The Labute approximate surface area is 120 Å². The topological polar surface area (TPSA) is 58.6 Å². The summed E-state index contributed by atoms with van der Waals surface area (Å²) in [4.78, 5) is 11.1. The van der Waals surface area contributed by atoms with Crippen molar-refractivity contribution in [2.24, 2.45) is 0 Å². The van der Waals surface area contributed by atoms with Crippen LogP contribution in [0.4, 0.5) is 0 Å². The van der Waals surface area contributed by atoms with Crippen LogP contribution >= 0.6 is 0 Å². The van der Waals surface area contributed by atoms with Gasteiger partial charge >= 0.3 is 0 Å². The van der Waals surface area contributed by atoms with Gasteiger partial charge in [-0.05, 0) is 54.9 Å². The lowest BCUT2D eigenvalue weighted by Gasteiger charge is -2.27. The molecule has 1 fully saturated rings. The Kier molecular flexibility index (Phi) is 5.01. The summed E-state index contributed by atoms with van der Waals surface area (Å²) in [5.41, 5.74) is 2.38. The Morgan fingerprint density at radius 1 is 1.35 bits per heavy atom. The predicted molar refractivity (Wildman–Crippen MR) is 77.7 cm³/mol. The average molecular weight is 277 g/mol. The highest BCUT2D eigenvalue weighted by Gasteiger charge is 2.23. The van der Waals surface area contributed by atoms with Crippen LogP contribution in [0.2, 0.25) is 0 Å². The van der Waals surface area contributed by atoms with Crippen molar-refractivity contribution in [3.8, 4) is 5.75 Å². The lowest BCUT2D eigenvalue weighted by Crippen LogP contribution is -2.22. The fourth-order valence-electron chi connectivity index (χ4n) is 2.85. The van der Waals surface area contributed by atoms with Crippen LogP contribution in [-0.4, -0.2) is 24.2 Å². The number of carbonyl (C=O) groups is 1. The minimum absolute atomic E-state index is 0.0224. The summed E-state index contributed by atoms with van der Waals surface area (Å²) >= 11 is 0. The number of aliphatic hydroxyl groups is 1. The summed E-state index contributed by atoms with van der Waals surface area (Å²) in [6, 6.07) is 6.02. The first kappa shape index (κ1) is 14.9. The molecule has 0 radical (unpaired) electrons. The Morgan fingerprint density at radius 3 is 2.65 bits per heavy atom. The van der Waals surface area contributed by atoms with Crippen molar-refractivity contribution < 1.29 is 14.6 Å². The Bertz CT molecular complexity index is 465. The molecular formula is C16H23NO3. The molecule has 2 rings (SSSR count). The van der Waals surface area contributed by atoms with Gasteiger partial charge in [-0.25, -0.2) is 0 Å². The first-order valence-corrected chi connectivity index (χ1v) is 7.19. The normalized spacial score (nSPS) is 22.4. The van der Waals surface area contributed by atoms with Gasteiger partial charge in [0.2, 0.25) is 5.91 Å². The smallest absolute Gasteiger partial charge is 0.217 e. The van der Waals surface area contributed by atoms with Crippen LogP contribution in [-0.2, 0) is 11.3 Å². The van der Waals surface area contributed by atoms with Gasteiger partial charge in [-0.15, -0.1) is 0 Å². The summed E-state index contributed by atoms with van der Waals surface area (Å²) in [6.07, 6.45) is 3.52. The minimum atomic E-state index is -0.157. The third kappa shape index (κ3) is 3.73. The molecule has 0 unspecified atom stereocenters. The van der Waals surface area contributed by atoms with E-state index in [0.29, 0.717) is 12.5 Å². The Hall–Kier alpha value is -1.55. The number of hydrogen-bond donors (Lipinski definition) is 2. The van der Waals surface area contributed by atoms with Crippen LogP contribution in [0.3, 0.4) is 0 Å². The zero-order chi connectivity index (χ0) is 14.5. The van der Waals surface area contributed by atoms with Crippen molar-refractivity contribution in [3.63, 3.8) is 0 Å². The van der Waals surface area contributed by atoms with E-state index in [9.17, 15) is 9.90 Å². The van der Waals surface area contributed by atoms with Crippen LogP contribution in [0, 0.1) is 0 Å². The van der Waals surface area contributed by atoms with E-state index in [1.165, 1.54) is 12.5 Å². The van der Waals surface area contributed by atoms with Gasteiger partial charge in [0.15, 0.2) is 0 Å². The van der Waals surface area contributed by atoms with E-state index in [0.717, 1.165) is 37.0 Å². The molecule has 0 aromatic heterocycles. The van der Waals surface area contributed by atoms with Gasteiger partial charge in [-0.1, -0.05) is 6.07 Å². The highest BCUT2D eigenvalue weighted by atomic mass is 16.5. The van der Waals surface area contributed by atoms with E-state index in [2.05, 4.69) is 11.4 Å². The summed E-state index contributed by atoms with van der Waals surface area (Å²) in [5, 5.41) is 12.5. The van der Waals surface area contributed by atoms with E-state index >= 15 is 0 Å². The molecule has 0 atom stereocenters. The zero-order valence-electron chi connectivity index (χ0n) is 12.2. The van der Waals surface area contributed by atoms with Crippen LogP contribution in [0.1, 0.15) is 49.7 Å². The molecule has 4 heteroatoms. The summed E-state index contributed by atoms with van der Waals surface area (Å²) in [6.45, 7) is 2.08. The summed E-state index contributed by atoms with van der Waals surface area (Å²) in [7, 11) is 1.66. The molecule has 1 aromatic carbocycles. The van der Waals surface area contributed by atoms with E-state index < -0.39 is 0 Å². The maximum Gasteiger partial charge on any atom is 0.217 e. The molecule has 1 aliphatic carbocycles. The maximum absolute atomic E-state index is 11.1. The molecule has 110 valence electrons. The first-order chi connectivity index (χ1) is 9.60. The van der Waals surface area contributed by atoms with Crippen molar-refractivity contribution in [1.29, 1.82) is 0 Å². The molecule has 20 heavy (non-hydrogen) atoms. The van der Waals surface area contributed by atoms with Gasteiger partial charge in [-0.3, -0.25) is 4.79 Å². The van der Waals surface area contributed by atoms with Crippen LogP contribution < -0.4 is 10.1 Å². The fourth-order valence-corrected chi connectivity index (χ4v) is 2.85. The number of methoxy groups -OCH3 is 1. The SMILES string of the molecule is COc1ccc(CNC(C)=O)c(C2CCC(O)CC2)c1. The van der Waals surface area contributed by atoms with E-state index in [4.69, 9.17) is 4.74 Å². The summed E-state index contributed by atoms with van der Waals surface area (Å²) in [5.74, 6) is 1.26. The average Bonchev–Trinajstić information content (AvgIpc) is 2.45. The number of ether oxygens (including phenoxy) is 1. The molecule has 0 heterocycles. The lowest BCUT2D eigenvalue weighted by molar-refractivity contribution is -0.119. The van der Waals surface area contributed by atoms with Crippen molar-refractivity contribution in [1.82, 2.24) is 5.32 Å². The number of rotatable bonds is 4. The number of benzene rings is 1. The largest absolute Gasteiger partial charge is 0.497 e. The molecule has 1 amide bonds. The van der Waals surface area contributed by atoms with Crippen LogP contribution in [0.25, 0.3) is 0 Å². The van der Waals surface area contributed by atoms with Crippen molar-refractivity contribution in [3.05, 3.63) is 29.3 Å². The van der Waals surface area contributed by atoms with E-state index in [1.807, 2.05) is 12.1 Å². The monoisotopic (exact) mass is 277 g/mol. The first-order valence-electron chi connectivity index (χ1n) is 7.19. The molecule has 4 nitrogen and oxygen atoms in total. The van der Waals surface area contributed by atoms with Gasteiger partial charge < -0.3 is 15.2 Å². The number of aliphatic hydroxyl groups excluding tert-OH is 1. The molecular weight excluding hydrogens is 254 g/mol. The number of carbonyl (C=O) groups excluding carboxylic acids is 1. The van der Waals surface area contributed by atoms with Crippen LogP contribution in [0.15, 0.2) is 18.2 Å². The Morgan fingerprint density at radius 2 is 2.05 bits per heavy atom. The van der Waals surface area contributed by atoms with Gasteiger partial charge in [-0.2, -0.15) is 0 Å². The molecule has 1 aromatic rings. The third-order valence-electron chi connectivity index (χ3n) is 4.02. The molecule has 0 saturated heterocycles. The molecule has 0 spiro atoms. The highest BCUT2D eigenvalue weighted by molar-refractivity contribution is 5.72. The molecule has 0 aliphatic heterocycles. The van der Waals surface area contributed by atoms with Gasteiger partial charge in [0, 0.05) is 13.5 Å². The molecule has 2 N–H and O–H groups in total. The second-order valence-corrected chi connectivity index (χ2v) is 5.48. The molecule has 0 bridgehead atoms. The second kappa shape index (κ2) is 6.75. The van der Waals surface area contributed by atoms with E-state index in [1.54, 1.807) is 7.11 Å². The number of nitrogens with one attached hydrogen (secondary N) is 1.